The summed E-state index contributed by atoms with van der Waals surface area (Å²) in [5.74, 6) is 0.653. The van der Waals surface area contributed by atoms with Gasteiger partial charge in [-0.15, -0.1) is 0 Å². The zero-order chi connectivity index (χ0) is 19.6. The zero-order valence-electron chi connectivity index (χ0n) is 15.9. The normalized spacial score (nSPS) is 16.3. The van der Waals surface area contributed by atoms with Crippen LogP contribution in [-0.2, 0) is 0 Å². The number of carbonyl (C=O) groups is 1. The van der Waals surface area contributed by atoms with Crippen LogP contribution in [0.15, 0.2) is 85.2 Å². The second-order valence-electron chi connectivity index (χ2n) is 7.26. The van der Waals surface area contributed by atoms with Gasteiger partial charge >= 0.3 is 0 Å². The lowest BCUT2D eigenvalue weighted by Gasteiger charge is -2.17. The number of para-hydroxylation sites is 1. The number of likely N-dealkylation sites (tertiary alicyclic amines) is 1. The van der Waals surface area contributed by atoms with Crippen LogP contribution in [-0.4, -0.2) is 39.6 Å². The van der Waals surface area contributed by atoms with Gasteiger partial charge in [-0.1, -0.05) is 18.2 Å². The Kier molecular flexibility index (Phi) is 4.48. The molecule has 1 atom stereocenters. The van der Waals surface area contributed by atoms with Crippen LogP contribution in [0, 0.1) is 0 Å². The molecule has 4 aromatic rings. The fraction of sp³-hybridized carbons (Fsp3) is 0.167. The molecular weight excluding hydrogens is 362 g/mol. The van der Waals surface area contributed by atoms with Crippen molar-refractivity contribution >= 4 is 16.8 Å². The van der Waals surface area contributed by atoms with Crippen molar-refractivity contribution < 1.29 is 9.53 Å². The van der Waals surface area contributed by atoms with E-state index in [1.54, 1.807) is 0 Å². The van der Waals surface area contributed by atoms with E-state index in [-0.39, 0.29) is 12.0 Å². The Morgan fingerprint density at radius 1 is 0.931 bits per heavy atom. The summed E-state index contributed by atoms with van der Waals surface area (Å²) in [7, 11) is 0. The molecule has 1 amide bonds. The lowest BCUT2D eigenvalue weighted by molar-refractivity contribution is 0.0771. The van der Waals surface area contributed by atoms with Gasteiger partial charge in [-0.3, -0.25) is 4.79 Å². The number of rotatable bonds is 4. The average Bonchev–Trinajstić information content (AvgIpc) is 3.46. The van der Waals surface area contributed by atoms with E-state index in [1.807, 2.05) is 94.7 Å². The van der Waals surface area contributed by atoms with Gasteiger partial charge in [-0.25, -0.2) is 4.98 Å². The Hall–Kier alpha value is -3.60. The molecule has 0 aliphatic carbocycles. The number of ether oxygens (including phenoxy) is 1. The monoisotopic (exact) mass is 383 g/mol. The topological polar surface area (TPSA) is 47.4 Å². The summed E-state index contributed by atoms with van der Waals surface area (Å²) in [6.45, 7) is 1.27. The van der Waals surface area contributed by atoms with E-state index in [0.717, 1.165) is 23.0 Å². The van der Waals surface area contributed by atoms with Crippen molar-refractivity contribution in [3.8, 4) is 11.6 Å². The van der Waals surface area contributed by atoms with Crippen molar-refractivity contribution in [2.75, 3.05) is 13.1 Å². The fourth-order valence-corrected chi connectivity index (χ4v) is 3.76. The molecule has 2 aromatic heterocycles. The molecular formula is C24H21N3O2. The number of hydrogen-bond donors (Lipinski definition) is 0. The predicted octanol–water partition coefficient (Wildman–Crippen LogP) is 4.32. The highest BCUT2D eigenvalue weighted by molar-refractivity contribution is 5.94. The molecule has 0 saturated carbocycles. The first kappa shape index (κ1) is 17.5. The first-order valence-electron chi connectivity index (χ1n) is 9.81. The number of fused-ring (bicyclic) bond motifs is 1. The van der Waals surface area contributed by atoms with Crippen LogP contribution in [0.4, 0.5) is 0 Å². The number of amides is 1. The lowest BCUT2D eigenvalue weighted by atomic mass is 10.2. The summed E-state index contributed by atoms with van der Waals surface area (Å²) < 4.78 is 8.08. The summed E-state index contributed by atoms with van der Waals surface area (Å²) in [6.07, 6.45) is 4.74. The van der Waals surface area contributed by atoms with Crippen molar-refractivity contribution in [2.24, 2.45) is 0 Å². The van der Waals surface area contributed by atoms with Crippen molar-refractivity contribution in [3.05, 3.63) is 90.8 Å². The second-order valence-corrected chi connectivity index (χ2v) is 7.26. The molecule has 0 N–H and O–H groups in total. The third kappa shape index (κ3) is 3.59. The van der Waals surface area contributed by atoms with Gasteiger partial charge < -0.3 is 14.2 Å². The number of hydrogen-bond acceptors (Lipinski definition) is 3. The van der Waals surface area contributed by atoms with Gasteiger partial charge in [0.1, 0.15) is 6.10 Å². The number of carbonyl (C=O) groups excluding carboxylic acids is 1. The minimum absolute atomic E-state index is 0.0354. The Balaban J connectivity index is 1.24. The molecule has 1 aliphatic heterocycles. The van der Waals surface area contributed by atoms with Crippen molar-refractivity contribution in [1.29, 1.82) is 0 Å². The van der Waals surface area contributed by atoms with E-state index in [2.05, 4.69) is 4.98 Å². The quantitative estimate of drug-likeness (QED) is 0.527. The number of aromatic nitrogens is 2. The maximum Gasteiger partial charge on any atom is 0.253 e. The highest BCUT2D eigenvalue weighted by Gasteiger charge is 2.28. The lowest BCUT2D eigenvalue weighted by Crippen LogP contribution is -2.31. The highest BCUT2D eigenvalue weighted by atomic mass is 16.5. The van der Waals surface area contributed by atoms with E-state index in [4.69, 9.17) is 4.74 Å². The van der Waals surface area contributed by atoms with Gasteiger partial charge in [0, 0.05) is 48.1 Å². The maximum absolute atomic E-state index is 12.9. The smallest absolute Gasteiger partial charge is 0.253 e. The van der Waals surface area contributed by atoms with E-state index >= 15 is 0 Å². The summed E-state index contributed by atoms with van der Waals surface area (Å²) in [4.78, 5) is 19.3. The van der Waals surface area contributed by atoms with Gasteiger partial charge in [0.15, 0.2) is 0 Å². The molecule has 3 heterocycles. The van der Waals surface area contributed by atoms with Crippen LogP contribution in [0.1, 0.15) is 16.8 Å². The third-order valence-corrected chi connectivity index (χ3v) is 5.31. The number of pyridine rings is 1. The van der Waals surface area contributed by atoms with Gasteiger partial charge in [0.05, 0.1) is 12.1 Å². The predicted molar refractivity (Wildman–Crippen MR) is 112 cm³/mol. The molecule has 2 aromatic carbocycles. The summed E-state index contributed by atoms with van der Waals surface area (Å²) in [5.41, 5.74) is 2.65. The number of benzene rings is 2. The maximum atomic E-state index is 12.9. The third-order valence-electron chi connectivity index (χ3n) is 5.31. The second kappa shape index (κ2) is 7.43. The Morgan fingerprint density at radius 3 is 2.55 bits per heavy atom. The van der Waals surface area contributed by atoms with E-state index in [9.17, 15) is 4.79 Å². The first-order chi connectivity index (χ1) is 14.3. The summed E-state index contributed by atoms with van der Waals surface area (Å²) in [6, 6.07) is 23.6. The van der Waals surface area contributed by atoms with Crippen molar-refractivity contribution in [3.63, 3.8) is 0 Å². The summed E-state index contributed by atoms with van der Waals surface area (Å²) in [5, 5.41) is 1.09. The van der Waals surface area contributed by atoms with Crippen LogP contribution in [0.25, 0.3) is 16.6 Å². The van der Waals surface area contributed by atoms with Gasteiger partial charge in [0.2, 0.25) is 5.88 Å². The van der Waals surface area contributed by atoms with Crippen molar-refractivity contribution in [1.82, 2.24) is 14.5 Å². The molecule has 0 radical (unpaired) electrons. The average molecular weight is 383 g/mol. The van der Waals surface area contributed by atoms with E-state index in [1.165, 1.54) is 0 Å². The van der Waals surface area contributed by atoms with Gasteiger partial charge in [0.25, 0.3) is 5.91 Å². The Bertz CT molecular complexity index is 1140. The molecule has 1 saturated heterocycles. The van der Waals surface area contributed by atoms with Gasteiger partial charge in [-0.2, -0.15) is 0 Å². The minimum Gasteiger partial charge on any atom is -0.472 e. The van der Waals surface area contributed by atoms with Crippen LogP contribution < -0.4 is 4.74 Å². The molecule has 29 heavy (non-hydrogen) atoms. The molecule has 5 nitrogen and oxygen atoms in total. The molecule has 1 fully saturated rings. The van der Waals surface area contributed by atoms with Crippen LogP contribution in [0.5, 0.6) is 5.88 Å². The standard InChI is InChI=1S/C24H21N3O2/c28-24(19-7-10-20(11-8-19)26-14-3-4-15-26)27-16-13-21(17-27)29-23-12-9-18-5-1-2-6-22(18)25-23/h1-12,14-15,21H,13,16-17H2/t21-/m0/s1. The molecule has 0 bridgehead atoms. The first-order valence-corrected chi connectivity index (χ1v) is 9.81. The van der Waals surface area contributed by atoms with Crippen LogP contribution in [0.3, 0.4) is 0 Å². The molecule has 5 rings (SSSR count). The molecule has 0 unspecified atom stereocenters. The SMILES string of the molecule is O=C(c1ccc(-n2cccc2)cc1)N1CC[C@H](Oc2ccc3ccccc3n2)C1. The molecule has 1 aliphatic rings. The molecule has 5 heteroatoms. The summed E-state index contributed by atoms with van der Waals surface area (Å²) >= 11 is 0. The molecule has 0 spiro atoms. The van der Waals surface area contributed by atoms with E-state index < -0.39 is 0 Å². The highest BCUT2D eigenvalue weighted by Crippen LogP contribution is 2.22. The van der Waals surface area contributed by atoms with Crippen LogP contribution in [0.2, 0.25) is 0 Å². The van der Waals surface area contributed by atoms with Crippen molar-refractivity contribution in [2.45, 2.75) is 12.5 Å². The number of nitrogens with zero attached hydrogens (tertiary/aromatic N) is 3. The van der Waals surface area contributed by atoms with E-state index in [0.29, 0.717) is 24.5 Å². The fourth-order valence-electron chi connectivity index (χ4n) is 3.76. The Labute approximate surface area is 169 Å². The largest absolute Gasteiger partial charge is 0.472 e. The van der Waals surface area contributed by atoms with Crippen LogP contribution >= 0.6 is 0 Å². The van der Waals surface area contributed by atoms with Gasteiger partial charge in [-0.05, 0) is 48.5 Å². The minimum atomic E-state index is -0.0354. The zero-order valence-corrected chi connectivity index (χ0v) is 15.9. The molecule has 144 valence electrons. The Morgan fingerprint density at radius 2 is 1.72 bits per heavy atom.